The van der Waals surface area contributed by atoms with Crippen molar-refractivity contribution in [2.75, 3.05) is 0 Å². The Balaban J connectivity index is 0. The van der Waals surface area contributed by atoms with E-state index in [0.717, 1.165) is 43.8 Å². The third-order valence-corrected chi connectivity index (χ3v) is 4.35. The molecule has 0 aromatic rings. The molecule has 0 saturated heterocycles. The number of rotatable bonds is 17. The second-order valence-corrected chi connectivity index (χ2v) is 6.97. The molecule has 0 aliphatic carbocycles. The first kappa shape index (κ1) is 27.0. The first-order chi connectivity index (χ1) is 12.8. The summed E-state index contributed by atoms with van der Waals surface area (Å²) in [6, 6.07) is 0. The number of carbonyl (C=O) groups is 2. The molecule has 0 aromatic carbocycles. The molecule has 0 radical (unpaired) electrons. The first-order valence-electron chi connectivity index (χ1n) is 11.0. The number of hydrogen-bond donors (Lipinski definition) is 0. The second-order valence-electron chi connectivity index (χ2n) is 6.97. The van der Waals surface area contributed by atoms with Gasteiger partial charge in [-0.1, -0.05) is 97.1 Å². The average molecular weight is 365 g/mol. The highest BCUT2D eigenvalue weighted by molar-refractivity contribution is 5.72. The third kappa shape index (κ3) is 25.1. The summed E-state index contributed by atoms with van der Waals surface area (Å²) in [5.41, 5.74) is 1.03. The smallest absolute Gasteiger partial charge is 0.145 e. The van der Waals surface area contributed by atoms with Crippen molar-refractivity contribution in [1.82, 2.24) is 0 Å². The van der Waals surface area contributed by atoms with Crippen LogP contribution >= 0.6 is 0 Å². The minimum Gasteiger partial charge on any atom is -0.299 e. The van der Waals surface area contributed by atoms with Crippen molar-refractivity contribution in [1.29, 1.82) is 0 Å². The van der Waals surface area contributed by atoms with Crippen LogP contribution in [-0.2, 0) is 9.59 Å². The zero-order valence-electron chi connectivity index (χ0n) is 17.8. The fraction of sp³-hybridized carbons (Fsp3) is 0.750. The van der Waals surface area contributed by atoms with Gasteiger partial charge in [0.1, 0.15) is 12.6 Å². The number of unbranched alkanes of at least 4 members (excludes halogenated alkanes) is 11. The molecule has 0 rings (SSSR count). The molecule has 152 valence electrons. The lowest BCUT2D eigenvalue weighted by Crippen LogP contribution is -1.87. The number of aldehydes is 2. The maximum absolute atomic E-state index is 10.9. The predicted molar refractivity (Wildman–Crippen MR) is 116 cm³/mol. The molecule has 0 saturated carbocycles. The van der Waals surface area contributed by atoms with Gasteiger partial charge in [0, 0.05) is 0 Å². The van der Waals surface area contributed by atoms with Gasteiger partial charge in [0.25, 0.3) is 0 Å². The molecule has 26 heavy (non-hydrogen) atoms. The lowest BCUT2D eigenvalue weighted by molar-refractivity contribution is -0.105. The Morgan fingerprint density at radius 2 is 1.23 bits per heavy atom. The Bertz CT molecular complexity index is 342. The highest BCUT2D eigenvalue weighted by Gasteiger charge is 1.96. The van der Waals surface area contributed by atoms with Crippen LogP contribution in [0.5, 0.6) is 0 Å². The van der Waals surface area contributed by atoms with Gasteiger partial charge in [0.05, 0.1) is 0 Å². The molecule has 0 bridgehead atoms. The van der Waals surface area contributed by atoms with Crippen LogP contribution in [-0.4, -0.2) is 12.6 Å². The standard InChI is InChI=1S/C18H34O.C6H10O/c1-3-5-7-9-10-11-12-14-16-18(17-19)15-13-8-6-4-2;1-2-3-4-5-6-7/h16-17H,3-15H2,1-2H3;4-6H,2-3H2,1H3/b;5-4-. The van der Waals surface area contributed by atoms with Gasteiger partial charge in [-0.2, -0.15) is 0 Å². The largest absolute Gasteiger partial charge is 0.299 e. The molecule has 0 atom stereocenters. The Labute approximate surface area is 163 Å². The summed E-state index contributed by atoms with van der Waals surface area (Å²) in [6.45, 7) is 6.55. The lowest BCUT2D eigenvalue weighted by atomic mass is 10.0. The third-order valence-electron chi connectivity index (χ3n) is 4.35. The second kappa shape index (κ2) is 26.1. The van der Waals surface area contributed by atoms with Gasteiger partial charge in [-0.3, -0.25) is 9.59 Å². The van der Waals surface area contributed by atoms with Crippen LogP contribution in [0.25, 0.3) is 0 Å². The van der Waals surface area contributed by atoms with Crippen LogP contribution in [0.2, 0.25) is 0 Å². The van der Waals surface area contributed by atoms with E-state index < -0.39 is 0 Å². The summed E-state index contributed by atoms with van der Waals surface area (Å²) < 4.78 is 0. The van der Waals surface area contributed by atoms with Gasteiger partial charge in [0.2, 0.25) is 0 Å². The van der Waals surface area contributed by atoms with Gasteiger partial charge in [-0.15, -0.1) is 0 Å². The van der Waals surface area contributed by atoms with Crippen molar-refractivity contribution in [3.05, 3.63) is 23.8 Å². The minimum atomic E-state index is 0.801. The van der Waals surface area contributed by atoms with E-state index in [1.165, 1.54) is 76.7 Å². The monoisotopic (exact) mass is 364 g/mol. The van der Waals surface area contributed by atoms with Gasteiger partial charge in [0.15, 0.2) is 0 Å². The molecule has 0 fully saturated rings. The average Bonchev–Trinajstić information content (AvgIpc) is 2.66. The summed E-state index contributed by atoms with van der Waals surface area (Å²) in [7, 11) is 0. The zero-order chi connectivity index (χ0) is 19.7. The molecule has 0 unspecified atom stereocenters. The number of carbonyl (C=O) groups excluding carboxylic acids is 2. The summed E-state index contributed by atoms with van der Waals surface area (Å²) in [6.07, 6.45) is 26.1. The van der Waals surface area contributed by atoms with Crippen LogP contribution in [0.3, 0.4) is 0 Å². The molecular formula is C24H44O2. The van der Waals surface area contributed by atoms with Crippen LogP contribution in [0, 0.1) is 0 Å². The van der Waals surface area contributed by atoms with Gasteiger partial charge < -0.3 is 0 Å². The molecule has 0 spiro atoms. The van der Waals surface area contributed by atoms with E-state index in [9.17, 15) is 9.59 Å². The highest BCUT2D eigenvalue weighted by atomic mass is 16.1. The van der Waals surface area contributed by atoms with Gasteiger partial charge in [-0.25, -0.2) is 0 Å². The Kier molecular flexibility index (Phi) is 27.1. The SMILES string of the molecule is CCC/C=C\C=O.CCCCCCCCCC=C(C=O)CCCCCC. The van der Waals surface area contributed by atoms with Crippen LogP contribution < -0.4 is 0 Å². The normalized spacial score (nSPS) is 11.3. The van der Waals surface area contributed by atoms with Crippen molar-refractivity contribution in [2.45, 2.75) is 117 Å². The Morgan fingerprint density at radius 1 is 0.654 bits per heavy atom. The molecule has 0 N–H and O–H groups in total. The van der Waals surface area contributed by atoms with E-state index in [2.05, 4.69) is 26.8 Å². The zero-order valence-corrected chi connectivity index (χ0v) is 17.8. The van der Waals surface area contributed by atoms with E-state index in [4.69, 9.17) is 0 Å². The molecule has 0 aliphatic heterocycles. The van der Waals surface area contributed by atoms with E-state index in [1.807, 2.05) is 6.08 Å². The molecule has 0 heterocycles. The van der Waals surface area contributed by atoms with Gasteiger partial charge in [-0.05, 0) is 43.8 Å². The van der Waals surface area contributed by atoms with E-state index in [-0.39, 0.29) is 0 Å². The maximum atomic E-state index is 10.9. The molecule has 0 aromatic heterocycles. The van der Waals surface area contributed by atoms with Crippen molar-refractivity contribution in [3.8, 4) is 0 Å². The van der Waals surface area contributed by atoms with Crippen molar-refractivity contribution < 1.29 is 9.59 Å². The van der Waals surface area contributed by atoms with E-state index in [1.54, 1.807) is 0 Å². The van der Waals surface area contributed by atoms with Crippen LogP contribution in [0.15, 0.2) is 23.8 Å². The fourth-order valence-corrected chi connectivity index (χ4v) is 2.67. The summed E-state index contributed by atoms with van der Waals surface area (Å²) in [5.74, 6) is 0. The van der Waals surface area contributed by atoms with Gasteiger partial charge >= 0.3 is 0 Å². The summed E-state index contributed by atoms with van der Waals surface area (Å²) in [4.78, 5) is 20.5. The predicted octanol–water partition coefficient (Wildman–Crippen LogP) is 7.76. The Hall–Kier alpha value is -1.18. The van der Waals surface area contributed by atoms with Crippen LogP contribution in [0.4, 0.5) is 0 Å². The summed E-state index contributed by atoms with van der Waals surface area (Å²) in [5, 5.41) is 0. The van der Waals surface area contributed by atoms with Crippen LogP contribution in [0.1, 0.15) is 117 Å². The topological polar surface area (TPSA) is 34.1 Å². The molecule has 2 nitrogen and oxygen atoms in total. The molecular weight excluding hydrogens is 320 g/mol. The molecule has 0 aliphatic rings. The summed E-state index contributed by atoms with van der Waals surface area (Å²) >= 11 is 0. The molecule has 2 heteroatoms. The highest BCUT2D eigenvalue weighted by Crippen LogP contribution is 2.12. The molecule has 0 amide bonds. The van der Waals surface area contributed by atoms with E-state index in [0.29, 0.717) is 0 Å². The van der Waals surface area contributed by atoms with Crippen molar-refractivity contribution >= 4 is 12.6 Å². The number of allylic oxidation sites excluding steroid dienone is 4. The Morgan fingerprint density at radius 3 is 1.77 bits per heavy atom. The quantitative estimate of drug-likeness (QED) is 0.150. The minimum absolute atomic E-state index is 0.801. The number of hydrogen-bond acceptors (Lipinski definition) is 2. The van der Waals surface area contributed by atoms with E-state index >= 15 is 0 Å². The van der Waals surface area contributed by atoms with Crippen molar-refractivity contribution in [2.24, 2.45) is 0 Å². The fourth-order valence-electron chi connectivity index (χ4n) is 2.67. The van der Waals surface area contributed by atoms with Crippen molar-refractivity contribution in [3.63, 3.8) is 0 Å². The lowest BCUT2D eigenvalue weighted by Gasteiger charge is -2.01. The first-order valence-corrected chi connectivity index (χ1v) is 11.0. The maximum Gasteiger partial charge on any atom is 0.145 e.